The van der Waals surface area contributed by atoms with E-state index in [1.54, 1.807) is 6.33 Å². The molecule has 1 rings (SSSR count). The lowest BCUT2D eigenvalue weighted by molar-refractivity contribution is 0.346. The van der Waals surface area contributed by atoms with Crippen molar-refractivity contribution in [1.29, 1.82) is 0 Å². The summed E-state index contributed by atoms with van der Waals surface area (Å²) in [6, 6.07) is 0. The van der Waals surface area contributed by atoms with Gasteiger partial charge < -0.3 is 0 Å². The van der Waals surface area contributed by atoms with Crippen molar-refractivity contribution in [1.82, 2.24) is 14.8 Å². The van der Waals surface area contributed by atoms with Crippen molar-refractivity contribution in [3.05, 3.63) is 10.2 Å². The first-order chi connectivity index (χ1) is 4.52. The minimum atomic E-state index is 0.0486. The van der Waals surface area contributed by atoms with Gasteiger partial charge in [0.25, 0.3) is 0 Å². The van der Waals surface area contributed by atoms with Crippen LogP contribution in [-0.4, -0.2) is 14.8 Å². The van der Waals surface area contributed by atoms with Crippen LogP contribution >= 0.6 is 22.6 Å². The second kappa shape index (κ2) is 2.48. The Labute approximate surface area is 74.0 Å². The van der Waals surface area contributed by atoms with Gasteiger partial charge in [-0.1, -0.05) is 0 Å². The molecule has 0 spiro atoms. The van der Waals surface area contributed by atoms with E-state index < -0.39 is 0 Å². The SMILES string of the molecule is CC(C)(C)n1ncnc1I. The van der Waals surface area contributed by atoms with Gasteiger partial charge in [-0.3, -0.25) is 0 Å². The van der Waals surface area contributed by atoms with E-state index in [4.69, 9.17) is 0 Å². The predicted octanol–water partition coefficient (Wildman–Crippen LogP) is 1.64. The first-order valence-corrected chi connectivity index (χ1v) is 4.15. The minimum absolute atomic E-state index is 0.0486. The number of rotatable bonds is 0. The molecule has 0 aliphatic heterocycles. The highest BCUT2D eigenvalue weighted by atomic mass is 127. The maximum Gasteiger partial charge on any atom is 0.189 e. The topological polar surface area (TPSA) is 30.7 Å². The maximum atomic E-state index is 4.09. The predicted molar refractivity (Wildman–Crippen MR) is 47.7 cm³/mol. The lowest BCUT2D eigenvalue weighted by Gasteiger charge is -2.18. The third-order valence-electron chi connectivity index (χ3n) is 1.14. The summed E-state index contributed by atoms with van der Waals surface area (Å²) in [5.41, 5.74) is 0.0486. The number of nitrogens with zero attached hydrogens (tertiary/aromatic N) is 3. The molecule has 0 saturated carbocycles. The Morgan fingerprint density at radius 2 is 2.10 bits per heavy atom. The lowest BCUT2D eigenvalue weighted by Crippen LogP contribution is -2.24. The van der Waals surface area contributed by atoms with E-state index in [1.165, 1.54) is 0 Å². The van der Waals surface area contributed by atoms with Crippen LogP contribution in [-0.2, 0) is 5.54 Å². The molecule has 0 bridgehead atoms. The fourth-order valence-electron chi connectivity index (χ4n) is 0.677. The van der Waals surface area contributed by atoms with Crippen molar-refractivity contribution in [2.24, 2.45) is 0 Å². The van der Waals surface area contributed by atoms with Gasteiger partial charge in [0, 0.05) is 22.6 Å². The van der Waals surface area contributed by atoms with Crippen molar-refractivity contribution in [2.45, 2.75) is 26.3 Å². The molecule has 1 heterocycles. The maximum absolute atomic E-state index is 4.09. The summed E-state index contributed by atoms with van der Waals surface area (Å²) in [5, 5.41) is 4.09. The molecule has 0 aliphatic carbocycles. The van der Waals surface area contributed by atoms with Crippen LogP contribution in [0, 0.1) is 3.83 Å². The molecule has 0 aliphatic rings. The summed E-state index contributed by atoms with van der Waals surface area (Å²) in [7, 11) is 0. The quantitative estimate of drug-likeness (QED) is 0.656. The molecule has 0 N–H and O–H groups in total. The van der Waals surface area contributed by atoms with Crippen molar-refractivity contribution in [3.63, 3.8) is 0 Å². The first-order valence-electron chi connectivity index (χ1n) is 3.08. The molecule has 1 aromatic heterocycles. The Kier molecular flexibility index (Phi) is 1.98. The molecule has 0 saturated heterocycles. The van der Waals surface area contributed by atoms with Crippen LogP contribution in [0.2, 0.25) is 0 Å². The van der Waals surface area contributed by atoms with Crippen LogP contribution in [0.15, 0.2) is 6.33 Å². The highest BCUT2D eigenvalue weighted by molar-refractivity contribution is 14.1. The Hall–Kier alpha value is -0.130. The van der Waals surface area contributed by atoms with E-state index >= 15 is 0 Å². The highest BCUT2D eigenvalue weighted by Gasteiger charge is 2.16. The number of aromatic nitrogens is 3. The van der Waals surface area contributed by atoms with Crippen LogP contribution in [0.3, 0.4) is 0 Å². The molecule has 1 aromatic rings. The lowest BCUT2D eigenvalue weighted by atomic mass is 10.1. The molecular weight excluding hydrogens is 241 g/mol. The van der Waals surface area contributed by atoms with E-state index in [-0.39, 0.29) is 5.54 Å². The number of hydrogen-bond donors (Lipinski definition) is 0. The second-order valence-corrected chi connectivity index (χ2v) is 4.08. The summed E-state index contributed by atoms with van der Waals surface area (Å²) in [5.74, 6) is 0. The van der Waals surface area contributed by atoms with Crippen LogP contribution in [0.4, 0.5) is 0 Å². The normalized spacial score (nSPS) is 12.0. The Bertz CT molecular complexity index is 223. The molecular formula is C6H10IN3. The van der Waals surface area contributed by atoms with Gasteiger partial charge in [0.05, 0.1) is 5.54 Å². The van der Waals surface area contributed by atoms with E-state index in [9.17, 15) is 0 Å². The fourth-order valence-corrected chi connectivity index (χ4v) is 1.65. The molecule has 0 radical (unpaired) electrons. The van der Waals surface area contributed by atoms with Gasteiger partial charge in [-0.05, 0) is 20.8 Å². The number of hydrogen-bond acceptors (Lipinski definition) is 2. The Morgan fingerprint density at radius 1 is 1.50 bits per heavy atom. The monoisotopic (exact) mass is 251 g/mol. The fraction of sp³-hybridized carbons (Fsp3) is 0.667. The molecule has 0 atom stereocenters. The summed E-state index contributed by atoms with van der Waals surface area (Å²) >= 11 is 2.17. The van der Waals surface area contributed by atoms with Gasteiger partial charge >= 0.3 is 0 Å². The molecule has 0 amide bonds. The molecule has 3 nitrogen and oxygen atoms in total. The van der Waals surface area contributed by atoms with Gasteiger partial charge in [-0.2, -0.15) is 5.10 Å². The van der Waals surface area contributed by atoms with Crippen LogP contribution in [0.1, 0.15) is 20.8 Å². The van der Waals surface area contributed by atoms with Gasteiger partial charge in [-0.25, -0.2) is 9.67 Å². The van der Waals surface area contributed by atoms with E-state index in [1.807, 2.05) is 4.68 Å². The average Bonchev–Trinajstić information content (AvgIpc) is 2.11. The van der Waals surface area contributed by atoms with Crippen LogP contribution in [0.5, 0.6) is 0 Å². The van der Waals surface area contributed by atoms with Gasteiger partial charge in [0.15, 0.2) is 3.83 Å². The van der Waals surface area contributed by atoms with Crippen molar-refractivity contribution in [3.8, 4) is 0 Å². The van der Waals surface area contributed by atoms with E-state index in [0.29, 0.717) is 0 Å². The van der Waals surface area contributed by atoms with Gasteiger partial charge in [0.2, 0.25) is 0 Å². The summed E-state index contributed by atoms with van der Waals surface area (Å²) in [6.45, 7) is 6.30. The smallest absolute Gasteiger partial charge is 0.189 e. The first kappa shape index (κ1) is 7.97. The Balaban J connectivity index is 3.05. The molecule has 10 heavy (non-hydrogen) atoms. The van der Waals surface area contributed by atoms with Crippen molar-refractivity contribution < 1.29 is 0 Å². The minimum Gasteiger partial charge on any atom is -0.236 e. The zero-order valence-electron chi connectivity index (χ0n) is 6.30. The van der Waals surface area contributed by atoms with Gasteiger partial charge in [0.1, 0.15) is 6.33 Å². The third-order valence-corrected chi connectivity index (χ3v) is 1.88. The summed E-state index contributed by atoms with van der Waals surface area (Å²) in [6.07, 6.45) is 1.58. The van der Waals surface area contributed by atoms with Crippen LogP contribution < -0.4 is 0 Å². The highest BCUT2D eigenvalue weighted by Crippen LogP contribution is 2.14. The van der Waals surface area contributed by atoms with Crippen LogP contribution in [0.25, 0.3) is 0 Å². The zero-order chi connectivity index (χ0) is 7.78. The summed E-state index contributed by atoms with van der Waals surface area (Å²) < 4.78 is 2.83. The molecule has 0 unspecified atom stereocenters. The summed E-state index contributed by atoms with van der Waals surface area (Å²) in [4.78, 5) is 4.02. The molecule has 0 aromatic carbocycles. The van der Waals surface area contributed by atoms with Crippen molar-refractivity contribution >= 4 is 22.6 Å². The molecule has 4 heteroatoms. The zero-order valence-corrected chi connectivity index (χ0v) is 8.45. The van der Waals surface area contributed by atoms with Gasteiger partial charge in [-0.15, -0.1) is 0 Å². The second-order valence-electron chi connectivity index (χ2n) is 3.11. The van der Waals surface area contributed by atoms with Crippen molar-refractivity contribution in [2.75, 3.05) is 0 Å². The third kappa shape index (κ3) is 1.47. The van der Waals surface area contributed by atoms with E-state index in [2.05, 4.69) is 53.4 Å². The van der Waals surface area contributed by atoms with E-state index in [0.717, 1.165) is 3.83 Å². The largest absolute Gasteiger partial charge is 0.236 e. The number of halogens is 1. The molecule has 0 fully saturated rings. The average molecular weight is 251 g/mol. The Morgan fingerprint density at radius 3 is 2.30 bits per heavy atom. The standard InChI is InChI=1S/C6H10IN3/c1-6(2,3)10-5(7)8-4-9-10/h4H,1-3H3. The molecule has 56 valence electrons.